The Hall–Kier alpha value is -2.17. The lowest BCUT2D eigenvalue weighted by atomic mass is 9.77. The second kappa shape index (κ2) is 5.93. The number of hydrogen-bond donors (Lipinski definition) is 0. The molecule has 0 spiro atoms. The number of rotatable bonds is 3. The number of fused-ring (bicyclic) bond motifs is 2. The van der Waals surface area contributed by atoms with E-state index in [1.165, 1.54) is 23.6 Å². The summed E-state index contributed by atoms with van der Waals surface area (Å²) < 4.78 is 4.57. The third-order valence-electron chi connectivity index (χ3n) is 5.72. The predicted octanol–water partition coefficient (Wildman–Crippen LogP) is 4.15. The van der Waals surface area contributed by atoms with Crippen LogP contribution in [0.2, 0.25) is 0 Å². The molecule has 4 heterocycles. The van der Waals surface area contributed by atoms with Gasteiger partial charge in [-0.05, 0) is 24.8 Å². The number of hydrogen-bond acceptors (Lipinski definition) is 3. The molecule has 5 nitrogen and oxygen atoms in total. The zero-order chi connectivity index (χ0) is 18.5. The van der Waals surface area contributed by atoms with Gasteiger partial charge in [0.1, 0.15) is 5.82 Å². The molecule has 0 fully saturated rings. The molecule has 5 heteroatoms. The van der Waals surface area contributed by atoms with Crippen LogP contribution in [-0.4, -0.2) is 23.9 Å². The van der Waals surface area contributed by atoms with Gasteiger partial charge in [-0.25, -0.2) is 15.0 Å². The summed E-state index contributed by atoms with van der Waals surface area (Å²) in [6.45, 7) is 12.5. The van der Waals surface area contributed by atoms with Crippen LogP contribution >= 0.6 is 0 Å². The minimum absolute atomic E-state index is 0.0503. The average molecular weight is 351 g/mol. The molecule has 4 rings (SSSR count). The highest BCUT2D eigenvalue weighted by Gasteiger charge is 2.32. The normalized spacial score (nSPS) is 18.3. The lowest BCUT2D eigenvalue weighted by Crippen LogP contribution is -2.30. The highest BCUT2D eigenvalue weighted by Crippen LogP contribution is 2.36. The Bertz CT molecular complexity index is 925. The average Bonchev–Trinajstić information content (AvgIpc) is 3.18. The molecule has 0 N–H and O–H groups in total. The van der Waals surface area contributed by atoms with Crippen molar-refractivity contribution in [1.29, 1.82) is 0 Å². The third kappa shape index (κ3) is 2.93. The van der Waals surface area contributed by atoms with Crippen molar-refractivity contribution >= 4 is 5.78 Å². The standard InChI is InChI=1S/C21H29N5/c1-20(2,3)16-13-23-18-11-15(7-10-25(16)18)12-21(4,5)17-14-24-19-22-8-6-9-26(17)19/h6,8-9,13-15H,7,10-12H2,1-5H3. The monoisotopic (exact) mass is 351 g/mol. The van der Waals surface area contributed by atoms with Crippen molar-refractivity contribution in [3.05, 3.63) is 48.1 Å². The van der Waals surface area contributed by atoms with Crippen LogP contribution in [0.4, 0.5) is 0 Å². The first kappa shape index (κ1) is 17.3. The van der Waals surface area contributed by atoms with Crippen LogP contribution in [0.5, 0.6) is 0 Å². The summed E-state index contributed by atoms with van der Waals surface area (Å²) >= 11 is 0. The third-order valence-corrected chi connectivity index (χ3v) is 5.72. The molecular formula is C21H29N5. The molecule has 1 atom stereocenters. The minimum Gasteiger partial charge on any atom is -0.332 e. The molecule has 0 aliphatic carbocycles. The maximum atomic E-state index is 4.75. The topological polar surface area (TPSA) is 48.0 Å². The maximum Gasteiger partial charge on any atom is 0.233 e. The van der Waals surface area contributed by atoms with E-state index < -0.39 is 0 Å². The summed E-state index contributed by atoms with van der Waals surface area (Å²) in [4.78, 5) is 13.6. The lowest BCUT2D eigenvalue weighted by molar-refractivity contribution is 0.286. The SMILES string of the molecule is CC(C)(C)c1cnc2n1CCC(CC(C)(C)c1cnc3ncccn13)C2. The Balaban J connectivity index is 1.56. The van der Waals surface area contributed by atoms with Crippen LogP contribution in [-0.2, 0) is 23.8 Å². The van der Waals surface area contributed by atoms with E-state index in [0.29, 0.717) is 5.92 Å². The van der Waals surface area contributed by atoms with Gasteiger partial charge in [-0.2, -0.15) is 0 Å². The van der Waals surface area contributed by atoms with Gasteiger partial charge in [-0.1, -0.05) is 34.6 Å². The van der Waals surface area contributed by atoms with Crippen LogP contribution in [0.1, 0.15) is 64.7 Å². The molecule has 1 unspecified atom stereocenters. The van der Waals surface area contributed by atoms with Crippen molar-refractivity contribution < 1.29 is 0 Å². The second-order valence-electron chi connectivity index (χ2n) is 9.34. The largest absolute Gasteiger partial charge is 0.332 e. The first-order chi connectivity index (χ1) is 12.3. The molecule has 1 aliphatic rings. The summed E-state index contributed by atoms with van der Waals surface area (Å²) in [7, 11) is 0. The van der Waals surface area contributed by atoms with Gasteiger partial charge in [0.05, 0.1) is 6.20 Å². The lowest BCUT2D eigenvalue weighted by Gasteiger charge is -2.33. The number of aromatic nitrogens is 5. The molecule has 0 bridgehead atoms. The van der Waals surface area contributed by atoms with E-state index in [0.717, 1.165) is 25.2 Å². The van der Waals surface area contributed by atoms with E-state index in [9.17, 15) is 0 Å². The summed E-state index contributed by atoms with van der Waals surface area (Å²) in [5.74, 6) is 2.68. The van der Waals surface area contributed by atoms with Gasteiger partial charge in [0.25, 0.3) is 0 Å². The molecule has 1 aliphatic heterocycles. The second-order valence-corrected chi connectivity index (χ2v) is 9.34. The van der Waals surface area contributed by atoms with E-state index in [1.54, 1.807) is 6.20 Å². The van der Waals surface area contributed by atoms with Crippen LogP contribution < -0.4 is 0 Å². The molecule has 0 amide bonds. The van der Waals surface area contributed by atoms with Gasteiger partial charge >= 0.3 is 0 Å². The summed E-state index contributed by atoms with van der Waals surface area (Å²) in [6, 6.07) is 1.97. The first-order valence-electron chi connectivity index (χ1n) is 9.59. The van der Waals surface area contributed by atoms with Crippen molar-refractivity contribution in [2.75, 3.05) is 0 Å². The summed E-state index contributed by atoms with van der Waals surface area (Å²) in [5.41, 5.74) is 2.80. The molecule has 0 aromatic carbocycles. The number of nitrogens with zero attached hydrogens (tertiary/aromatic N) is 5. The van der Waals surface area contributed by atoms with Crippen LogP contribution in [0.3, 0.4) is 0 Å². The molecular weight excluding hydrogens is 322 g/mol. The Morgan fingerprint density at radius 1 is 1.04 bits per heavy atom. The van der Waals surface area contributed by atoms with Crippen LogP contribution in [0.25, 0.3) is 5.78 Å². The molecule has 138 valence electrons. The van der Waals surface area contributed by atoms with Gasteiger partial charge in [0.2, 0.25) is 5.78 Å². The van der Waals surface area contributed by atoms with E-state index in [1.807, 2.05) is 12.3 Å². The Labute approximate surface area is 155 Å². The van der Waals surface area contributed by atoms with Gasteiger partial charge < -0.3 is 4.57 Å². The Kier molecular flexibility index (Phi) is 3.94. The molecule has 26 heavy (non-hydrogen) atoms. The molecule has 0 radical (unpaired) electrons. The van der Waals surface area contributed by atoms with Crippen LogP contribution in [0, 0.1) is 5.92 Å². The van der Waals surface area contributed by atoms with E-state index in [4.69, 9.17) is 4.98 Å². The maximum absolute atomic E-state index is 4.75. The fourth-order valence-corrected chi connectivity index (χ4v) is 4.43. The predicted molar refractivity (Wildman–Crippen MR) is 103 cm³/mol. The zero-order valence-corrected chi connectivity index (χ0v) is 16.5. The fraction of sp³-hybridized carbons (Fsp3) is 0.571. The van der Waals surface area contributed by atoms with Crippen molar-refractivity contribution in [2.45, 2.75) is 71.3 Å². The minimum atomic E-state index is 0.0503. The van der Waals surface area contributed by atoms with Crippen molar-refractivity contribution in [1.82, 2.24) is 23.9 Å². The fourth-order valence-electron chi connectivity index (χ4n) is 4.43. The number of imidazole rings is 2. The highest BCUT2D eigenvalue weighted by molar-refractivity contribution is 5.33. The van der Waals surface area contributed by atoms with Gasteiger partial charge in [0, 0.05) is 53.8 Å². The smallest absolute Gasteiger partial charge is 0.233 e. The van der Waals surface area contributed by atoms with E-state index in [2.05, 4.69) is 65.9 Å². The molecule has 0 saturated carbocycles. The Morgan fingerprint density at radius 2 is 1.81 bits per heavy atom. The van der Waals surface area contributed by atoms with Gasteiger partial charge in [-0.3, -0.25) is 4.40 Å². The van der Waals surface area contributed by atoms with Crippen molar-refractivity contribution in [3.8, 4) is 0 Å². The highest BCUT2D eigenvalue weighted by atomic mass is 15.1. The molecule has 0 saturated heterocycles. The van der Waals surface area contributed by atoms with E-state index in [-0.39, 0.29) is 10.8 Å². The summed E-state index contributed by atoms with van der Waals surface area (Å²) in [6.07, 6.45) is 11.3. The van der Waals surface area contributed by atoms with E-state index >= 15 is 0 Å². The molecule has 3 aromatic heterocycles. The van der Waals surface area contributed by atoms with Crippen molar-refractivity contribution in [2.24, 2.45) is 5.92 Å². The quantitative estimate of drug-likeness (QED) is 0.712. The van der Waals surface area contributed by atoms with Gasteiger partial charge in [-0.15, -0.1) is 0 Å². The molecule has 3 aromatic rings. The first-order valence-corrected chi connectivity index (χ1v) is 9.59. The van der Waals surface area contributed by atoms with Crippen molar-refractivity contribution in [3.63, 3.8) is 0 Å². The van der Waals surface area contributed by atoms with Crippen LogP contribution in [0.15, 0.2) is 30.9 Å². The summed E-state index contributed by atoms with van der Waals surface area (Å²) in [5, 5.41) is 0. The Morgan fingerprint density at radius 3 is 2.58 bits per heavy atom. The van der Waals surface area contributed by atoms with Gasteiger partial charge in [0.15, 0.2) is 0 Å². The zero-order valence-electron chi connectivity index (χ0n) is 16.5.